The molecule has 1 aliphatic rings. The maximum atomic E-state index is 13.1. The zero-order chi connectivity index (χ0) is 19.0. The van der Waals surface area contributed by atoms with Crippen LogP contribution < -0.4 is 15.6 Å². The Morgan fingerprint density at radius 1 is 1.30 bits per heavy atom. The van der Waals surface area contributed by atoms with Gasteiger partial charge in [-0.15, -0.1) is 0 Å². The van der Waals surface area contributed by atoms with Crippen molar-refractivity contribution in [3.8, 4) is 0 Å². The van der Waals surface area contributed by atoms with Gasteiger partial charge in [0.2, 0.25) is 11.9 Å². The maximum Gasteiger partial charge on any atom is 0.236 e. The number of halogens is 2. The van der Waals surface area contributed by atoms with Crippen LogP contribution in [0.3, 0.4) is 0 Å². The first-order chi connectivity index (χ1) is 13.1. The molecule has 1 aliphatic heterocycles. The average Bonchev–Trinajstić information content (AvgIpc) is 3.12. The molecule has 1 aromatic carbocycles. The van der Waals surface area contributed by atoms with Crippen LogP contribution in [0.1, 0.15) is 11.6 Å². The van der Waals surface area contributed by atoms with E-state index in [1.54, 1.807) is 41.3 Å². The number of carbonyl (C=O) groups is 1. The van der Waals surface area contributed by atoms with Gasteiger partial charge in [0.15, 0.2) is 12.4 Å². The van der Waals surface area contributed by atoms with Gasteiger partial charge >= 0.3 is 0 Å². The van der Waals surface area contributed by atoms with Gasteiger partial charge in [0, 0.05) is 11.8 Å². The first-order valence-electron chi connectivity index (χ1n) is 8.12. The fourth-order valence-electron chi connectivity index (χ4n) is 3.15. The summed E-state index contributed by atoms with van der Waals surface area (Å²) in [5.74, 6) is -0.456. The molecule has 0 radical (unpaired) electrons. The summed E-state index contributed by atoms with van der Waals surface area (Å²) in [7, 11) is 0. The monoisotopic (exact) mass is 401 g/mol. The molecule has 2 aromatic heterocycles. The number of benzene rings is 1. The molecule has 3 heterocycles. The summed E-state index contributed by atoms with van der Waals surface area (Å²) in [6.07, 6.45) is 4.86. The van der Waals surface area contributed by atoms with Gasteiger partial charge in [-0.05, 0) is 17.7 Å². The minimum Gasteiger partial charge on any atom is -0.328 e. The third kappa shape index (κ3) is 3.15. The van der Waals surface area contributed by atoms with Crippen LogP contribution >= 0.6 is 23.2 Å². The third-order valence-electron chi connectivity index (χ3n) is 4.36. The Morgan fingerprint density at radius 3 is 2.93 bits per heavy atom. The lowest BCUT2D eigenvalue weighted by molar-refractivity contribution is -0.377. The topological polar surface area (TPSA) is 86.0 Å². The van der Waals surface area contributed by atoms with Crippen molar-refractivity contribution < 1.29 is 9.78 Å². The van der Waals surface area contributed by atoms with E-state index in [0.29, 0.717) is 32.9 Å². The molecule has 1 amide bonds. The number of rotatable bonds is 3. The van der Waals surface area contributed by atoms with Crippen LogP contribution in [0.15, 0.2) is 61.3 Å². The Bertz CT molecular complexity index is 1020. The van der Waals surface area contributed by atoms with Gasteiger partial charge in [-0.25, -0.2) is 9.67 Å². The van der Waals surface area contributed by atoms with Gasteiger partial charge in [0.05, 0.1) is 16.1 Å². The normalized spacial score (nSPS) is 18.5. The molecule has 0 fully saturated rings. The summed E-state index contributed by atoms with van der Waals surface area (Å²) in [5.41, 5.74) is 1.79. The van der Waals surface area contributed by atoms with E-state index in [1.165, 1.54) is 6.33 Å². The minimum absolute atomic E-state index is 0.255. The molecule has 3 N–H and O–H groups in total. The van der Waals surface area contributed by atoms with E-state index in [2.05, 4.69) is 32.3 Å². The van der Waals surface area contributed by atoms with Crippen LogP contribution in [-0.4, -0.2) is 20.7 Å². The number of fused-ring (bicyclic) bond motifs is 1. The summed E-state index contributed by atoms with van der Waals surface area (Å²) < 4.78 is 1.62. The smallest absolute Gasteiger partial charge is 0.236 e. The van der Waals surface area contributed by atoms with Crippen molar-refractivity contribution in [2.24, 2.45) is 5.92 Å². The van der Waals surface area contributed by atoms with E-state index in [-0.39, 0.29) is 5.91 Å². The number of amides is 1. The number of nitrogens with zero attached hydrogens (tertiary/aromatic N) is 3. The Balaban J connectivity index is 1.79. The number of pyridine rings is 1. The third-order valence-corrected chi connectivity index (χ3v) is 5.19. The molecule has 3 aromatic rings. The van der Waals surface area contributed by atoms with Crippen molar-refractivity contribution in [3.63, 3.8) is 0 Å². The van der Waals surface area contributed by atoms with Crippen LogP contribution in [0.25, 0.3) is 0 Å². The molecule has 0 saturated carbocycles. The van der Waals surface area contributed by atoms with Gasteiger partial charge in [0.1, 0.15) is 17.9 Å². The average molecular weight is 402 g/mol. The number of hydrogen-bond donors (Lipinski definition) is 2. The van der Waals surface area contributed by atoms with Gasteiger partial charge in [-0.1, -0.05) is 41.9 Å². The second-order valence-corrected chi connectivity index (χ2v) is 6.81. The number of nitrogens with one attached hydrogen (secondary N) is 3. The van der Waals surface area contributed by atoms with Gasteiger partial charge in [-0.2, -0.15) is 10.1 Å². The molecule has 0 bridgehead atoms. The maximum absolute atomic E-state index is 13.1. The van der Waals surface area contributed by atoms with Crippen LogP contribution in [0, 0.1) is 5.92 Å². The fraction of sp³-hybridized carbons (Fsp3) is 0.111. The summed E-state index contributed by atoms with van der Waals surface area (Å²) in [5, 5.41) is 11.0. The van der Waals surface area contributed by atoms with E-state index >= 15 is 0 Å². The SMILES string of the molecule is C=C1Nc2ncnn2C(c2cccc(Cl)c2Cl)C1C(=O)Nc1ccc[nH+]c1. The molecular weight excluding hydrogens is 387 g/mol. The molecular formula is C18H15Cl2N6O+. The van der Waals surface area contributed by atoms with Gasteiger partial charge < -0.3 is 10.6 Å². The lowest BCUT2D eigenvalue weighted by Crippen LogP contribution is -2.39. The summed E-state index contributed by atoms with van der Waals surface area (Å²) in [6, 6.07) is 8.33. The second kappa shape index (κ2) is 7.02. The predicted molar refractivity (Wildman–Crippen MR) is 103 cm³/mol. The standard InChI is InChI=1S/C18H14Cl2N6O/c1-10-14(17(27)25-11-4-3-7-21-8-11)16(26-18(24-10)22-9-23-26)12-5-2-6-13(19)15(12)20/h2-9,14,16H,1H2,(H,25,27)(H,22,23,24)/p+1. The highest BCUT2D eigenvalue weighted by atomic mass is 35.5. The van der Waals surface area contributed by atoms with E-state index in [1.807, 2.05) is 6.07 Å². The second-order valence-electron chi connectivity index (χ2n) is 6.03. The zero-order valence-electron chi connectivity index (χ0n) is 14.0. The van der Waals surface area contributed by atoms with Crippen LogP contribution in [0.5, 0.6) is 0 Å². The van der Waals surface area contributed by atoms with Crippen LogP contribution in [0.2, 0.25) is 10.0 Å². The molecule has 4 rings (SSSR count). The number of carbonyl (C=O) groups excluding carboxylic acids is 1. The molecule has 0 saturated heterocycles. The highest BCUT2D eigenvalue weighted by Crippen LogP contribution is 2.41. The minimum atomic E-state index is -0.685. The first-order valence-corrected chi connectivity index (χ1v) is 8.88. The quantitative estimate of drug-likeness (QED) is 0.705. The van der Waals surface area contributed by atoms with E-state index < -0.39 is 12.0 Å². The number of aromatic amines is 1. The van der Waals surface area contributed by atoms with E-state index in [0.717, 1.165) is 0 Å². The number of anilines is 2. The summed E-state index contributed by atoms with van der Waals surface area (Å²) in [6.45, 7) is 4.03. The molecule has 2 atom stereocenters. The van der Waals surface area contributed by atoms with Gasteiger partial charge in [-0.3, -0.25) is 4.79 Å². The number of H-pyrrole nitrogens is 1. The Hall–Kier alpha value is -2.90. The highest BCUT2D eigenvalue weighted by molar-refractivity contribution is 6.42. The van der Waals surface area contributed by atoms with Crippen molar-refractivity contribution in [1.29, 1.82) is 0 Å². The molecule has 27 heavy (non-hydrogen) atoms. The fourth-order valence-corrected chi connectivity index (χ4v) is 3.57. The highest BCUT2D eigenvalue weighted by Gasteiger charge is 2.40. The summed E-state index contributed by atoms with van der Waals surface area (Å²) >= 11 is 12.7. The Labute approximate surface area is 165 Å². The molecule has 0 aliphatic carbocycles. The summed E-state index contributed by atoms with van der Waals surface area (Å²) in [4.78, 5) is 20.2. The zero-order valence-corrected chi connectivity index (χ0v) is 15.5. The molecule has 9 heteroatoms. The largest absolute Gasteiger partial charge is 0.328 e. The van der Waals surface area contributed by atoms with Crippen LogP contribution in [0.4, 0.5) is 11.6 Å². The van der Waals surface area contributed by atoms with Crippen molar-refractivity contribution in [3.05, 3.63) is 76.9 Å². The van der Waals surface area contributed by atoms with Crippen molar-refractivity contribution >= 4 is 40.7 Å². The lowest BCUT2D eigenvalue weighted by atomic mass is 9.88. The van der Waals surface area contributed by atoms with Crippen LogP contribution in [-0.2, 0) is 4.79 Å². The predicted octanol–water partition coefficient (Wildman–Crippen LogP) is 3.18. The molecule has 7 nitrogen and oxygen atoms in total. The Morgan fingerprint density at radius 2 is 2.15 bits per heavy atom. The van der Waals surface area contributed by atoms with E-state index in [4.69, 9.17) is 23.2 Å². The van der Waals surface area contributed by atoms with Crippen molar-refractivity contribution in [2.45, 2.75) is 6.04 Å². The van der Waals surface area contributed by atoms with E-state index in [9.17, 15) is 4.79 Å². The number of aromatic nitrogens is 4. The lowest BCUT2D eigenvalue weighted by Gasteiger charge is -2.34. The first kappa shape index (κ1) is 17.5. The molecule has 2 unspecified atom stereocenters. The van der Waals surface area contributed by atoms with Gasteiger partial charge in [0.25, 0.3) is 0 Å². The van der Waals surface area contributed by atoms with Crippen molar-refractivity contribution in [2.75, 3.05) is 10.6 Å². The Kier molecular flexibility index (Phi) is 4.55. The van der Waals surface area contributed by atoms with Crippen molar-refractivity contribution in [1.82, 2.24) is 14.8 Å². The molecule has 136 valence electrons. The number of hydrogen-bond acceptors (Lipinski definition) is 4. The molecule has 0 spiro atoms.